The van der Waals surface area contributed by atoms with Crippen LogP contribution in [0.25, 0.3) is 0 Å². The summed E-state index contributed by atoms with van der Waals surface area (Å²) in [6.45, 7) is 5.52. The molecule has 2 heteroatoms. The summed E-state index contributed by atoms with van der Waals surface area (Å²) in [4.78, 5) is 0. The summed E-state index contributed by atoms with van der Waals surface area (Å²) in [7, 11) is 0. The Morgan fingerprint density at radius 3 is 2.82 bits per heavy atom. The molecule has 0 saturated heterocycles. The summed E-state index contributed by atoms with van der Waals surface area (Å²) in [5, 5.41) is 3.60. The number of nitrogens with one attached hydrogen (secondary N) is 1. The smallest absolute Gasteiger partial charge is 0.126 e. The van der Waals surface area contributed by atoms with Crippen LogP contribution in [0, 0.1) is 11.7 Å². The zero-order chi connectivity index (χ0) is 12.3. The summed E-state index contributed by atoms with van der Waals surface area (Å²) >= 11 is 0. The van der Waals surface area contributed by atoms with Crippen LogP contribution in [-0.4, -0.2) is 6.54 Å². The topological polar surface area (TPSA) is 12.0 Å². The largest absolute Gasteiger partial charge is 0.310 e. The highest BCUT2D eigenvalue weighted by Gasteiger charge is 2.24. The Labute approximate surface area is 103 Å². The zero-order valence-corrected chi connectivity index (χ0v) is 10.8. The van der Waals surface area contributed by atoms with Gasteiger partial charge in [0.15, 0.2) is 0 Å². The molecule has 1 aliphatic rings. The van der Waals surface area contributed by atoms with E-state index >= 15 is 0 Å². The van der Waals surface area contributed by atoms with E-state index in [2.05, 4.69) is 25.2 Å². The van der Waals surface area contributed by atoms with Crippen molar-refractivity contribution in [3.63, 3.8) is 0 Å². The van der Waals surface area contributed by atoms with E-state index < -0.39 is 0 Å². The molecule has 17 heavy (non-hydrogen) atoms. The molecule has 0 saturated carbocycles. The van der Waals surface area contributed by atoms with E-state index in [9.17, 15) is 4.39 Å². The van der Waals surface area contributed by atoms with Gasteiger partial charge in [-0.15, -0.1) is 0 Å². The minimum Gasteiger partial charge on any atom is -0.310 e. The van der Waals surface area contributed by atoms with Crippen molar-refractivity contribution in [1.82, 2.24) is 5.32 Å². The Bertz CT molecular complexity index is 371. The van der Waals surface area contributed by atoms with Crippen LogP contribution < -0.4 is 5.32 Å². The van der Waals surface area contributed by atoms with Crippen molar-refractivity contribution < 1.29 is 4.39 Å². The molecular formula is C15H22FN. The second kappa shape index (κ2) is 5.63. The van der Waals surface area contributed by atoms with Gasteiger partial charge in [-0.2, -0.15) is 0 Å². The van der Waals surface area contributed by atoms with Crippen molar-refractivity contribution in [2.24, 2.45) is 5.92 Å². The highest BCUT2D eigenvalue weighted by Crippen LogP contribution is 2.32. The Morgan fingerprint density at radius 2 is 2.12 bits per heavy atom. The first-order valence-corrected chi connectivity index (χ1v) is 6.76. The van der Waals surface area contributed by atoms with Gasteiger partial charge in [0.25, 0.3) is 0 Å². The maximum absolute atomic E-state index is 13.6. The highest BCUT2D eigenvalue weighted by atomic mass is 19.1. The molecule has 1 aromatic carbocycles. The summed E-state index contributed by atoms with van der Waals surface area (Å²) in [5.41, 5.74) is 2.10. The molecule has 0 aliphatic heterocycles. The lowest BCUT2D eigenvalue weighted by atomic mass is 10.0. The summed E-state index contributed by atoms with van der Waals surface area (Å²) in [6, 6.07) is 5.82. The molecule has 1 N–H and O–H groups in total. The van der Waals surface area contributed by atoms with Gasteiger partial charge in [-0.1, -0.05) is 38.8 Å². The van der Waals surface area contributed by atoms with Gasteiger partial charge in [-0.05, 0) is 42.5 Å². The molecule has 1 aliphatic carbocycles. The second-order valence-electron chi connectivity index (χ2n) is 4.99. The summed E-state index contributed by atoms with van der Waals surface area (Å²) in [5.74, 6) is 0.710. The standard InChI is InChI=1S/C15H22FN/c1-3-11(4-2)10-17-15-9-8-12-13(15)6-5-7-14(12)16/h5-7,11,15,17H,3-4,8-10H2,1-2H3. The molecule has 1 nitrogen and oxygen atoms in total. The van der Waals surface area contributed by atoms with Crippen molar-refractivity contribution in [2.45, 2.75) is 45.6 Å². The molecule has 1 unspecified atom stereocenters. The third kappa shape index (κ3) is 2.68. The SMILES string of the molecule is CCC(CC)CNC1CCc2c(F)cccc21. The van der Waals surface area contributed by atoms with Gasteiger partial charge in [0.2, 0.25) is 0 Å². The number of hydrogen-bond donors (Lipinski definition) is 1. The summed E-state index contributed by atoms with van der Waals surface area (Å²) < 4.78 is 13.6. The van der Waals surface area contributed by atoms with Gasteiger partial charge < -0.3 is 5.32 Å². The molecule has 94 valence electrons. The fourth-order valence-corrected chi connectivity index (χ4v) is 2.71. The minimum absolute atomic E-state index is 0.0330. The van der Waals surface area contributed by atoms with Crippen molar-refractivity contribution >= 4 is 0 Å². The lowest BCUT2D eigenvalue weighted by Gasteiger charge is -2.18. The Kier molecular flexibility index (Phi) is 4.16. The van der Waals surface area contributed by atoms with E-state index in [0.29, 0.717) is 6.04 Å². The quantitative estimate of drug-likeness (QED) is 0.817. The minimum atomic E-state index is -0.0330. The molecule has 1 aromatic rings. The third-order valence-corrected chi connectivity index (χ3v) is 4.02. The molecule has 2 rings (SSSR count). The van der Waals surface area contributed by atoms with Crippen LogP contribution in [0.4, 0.5) is 4.39 Å². The number of benzene rings is 1. The average Bonchev–Trinajstić information content (AvgIpc) is 2.75. The lowest BCUT2D eigenvalue weighted by molar-refractivity contribution is 0.410. The molecular weight excluding hydrogens is 213 g/mol. The van der Waals surface area contributed by atoms with E-state index in [1.165, 1.54) is 18.4 Å². The van der Waals surface area contributed by atoms with Gasteiger partial charge in [0, 0.05) is 6.04 Å². The average molecular weight is 235 g/mol. The fourth-order valence-electron chi connectivity index (χ4n) is 2.71. The summed E-state index contributed by atoms with van der Waals surface area (Å²) in [6.07, 6.45) is 4.34. The van der Waals surface area contributed by atoms with Gasteiger partial charge in [0.05, 0.1) is 0 Å². The molecule has 0 heterocycles. The Morgan fingerprint density at radius 1 is 1.35 bits per heavy atom. The number of rotatable bonds is 5. The lowest BCUT2D eigenvalue weighted by Crippen LogP contribution is -2.25. The Balaban J connectivity index is 2.00. The monoisotopic (exact) mass is 235 g/mol. The first-order valence-electron chi connectivity index (χ1n) is 6.76. The highest BCUT2D eigenvalue weighted by molar-refractivity contribution is 5.35. The zero-order valence-electron chi connectivity index (χ0n) is 10.8. The maximum atomic E-state index is 13.6. The normalized spacial score (nSPS) is 18.7. The van der Waals surface area contributed by atoms with Crippen LogP contribution in [0.15, 0.2) is 18.2 Å². The van der Waals surface area contributed by atoms with Crippen molar-refractivity contribution in [3.8, 4) is 0 Å². The van der Waals surface area contributed by atoms with Crippen LogP contribution >= 0.6 is 0 Å². The molecule has 0 aromatic heterocycles. The van der Waals surface area contributed by atoms with E-state index in [4.69, 9.17) is 0 Å². The molecule has 0 radical (unpaired) electrons. The van der Waals surface area contributed by atoms with Crippen molar-refractivity contribution in [3.05, 3.63) is 35.1 Å². The van der Waals surface area contributed by atoms with Gasteiger partial charge in [-0.3, -0.25) is 0 Å². The Hall–Kier alpha value is -0.890. The van der Waals surface area contributed by atoms with Crippen LogP contribution in [0.3, 0.4) is 0 Å². The number of halogens is 1. The van der Waals surface area contributed by atoms with E-state index in [-0.39, 0.29) is 5.82 Å². The molecule has 0 fully saturated rings. The van der Waals surface area contributed by atoms with E-state index in [0.717, 1.165) is 30.9 Å². The fraction of sp³-hybridized carbons (Fsp3) is 0.600. The third-order valence-electron chi connectivity index (χ3n) is 4.02. The van der Waals surface area contributed by atoms with Gasteiger partial charge >= 0.3 is 0 Å². The van der Waals surface area contributed by atoms with E-state index in [1.54, 1.807) is 6.07 Å². The van der Waals surface area contributed by atoms with Crippen LogP contribution in [0.5, 0.6) is 0 Å². The maximum Gasteiger partial charge on any atom is 0.126 e. The van der Waals surface area contributed by atoms with Gasteiger partial charge in [0.1, 0.15) is 5.82 Å². The van der Waals surface area contributed by atoms with Crippen LogP contribution in [-0.2, 0) is 6.42 Å². The predicted octanol–water partition coefficient (Wildman–Crippen LogP) is 3.84. The molecule has 0 amide bonds. The van der Waals surface area contributed by atoms with Crippen LogP contribution in [0.1, 0.15) is 50.3 Å². The first-order chi connectivity index (χ1) is 8.26. The van der Waals surface area contributed by atoms with Crippen molar-refractivity contribution in [2.75, 3.05) is 6.54 Å². The molecule has 0 bridgehead atoms. The number of hydrogen-bond acceptors (Lipinski definition) is 1. The number of fused-ring (bicyclic) bond motifs is 1. The molecule has 0 spiro atoms. The van der Waals surface area contributed by atoms with Gasteiger partial charge in [-0.25, -0.2) is 4.39 Å². The molecule has 1 atom stereocenters. The van der Waals surface area contributed by atoms with Crippen LogP contribution in [0.2, 0.25) is 0 Å². The first kappa shape index (κ1) is 12.6. The van der Waals surface area contributed by atoms with Crippen molar-refractivity contribution in [1.29, 1.82) is 0 Å². The second-order valence-corrected chi connectivity index (χ2v) is 4.99. The predicted molar refractivity (Wildman–Crippen MR) is 69.5 cm³/mol. The van der Waals surface area contributed by atoms with E-state index in [1.807, 2.05) is 6.07 Å².